The second kappa shape index (κ2) is 7.70. The third-order valence-corrected chi connectivity index (χ3v) is 3.61. The van der Waals surface area contributed by atoms with Crippen LogP contribution in [-0.2, 0) is 4.79 Å². The summed E-state index contributed by atoms with van der Waals surface area (Å²) < 4.78 is 0. The van der Waals surface area contributed by atoms with Crippen molar-refractivity contribution in [3.63, 3.8) is 0 Å². The van der Waals surface area contributed by atoms with E-state index in [1.54, 1.807) is 0 Å². The first-order chi connectivity index (χ1) is 8.21. The molecule has 1 saturated heterocycles. The Labute approximate surface area is 106 Å². The third kappa shape index (κ3) is 4.66. The Kier molecular flexibility index (Phi) is 6.56. The monoisotopic (exact) mass is 240 g/mol. The fourth-order valence-electron chi connectivity index (χ4n) is 2.58. The lowest BCUT2D eigenvalue weighted by molar-refractivity contribution is -0.128. The number of rotatable bonds is 8. The van der Waals surface area contributed by atoms with Crippen LogP contribution in [0, 0.1) is 5.92 Å². The minimum Gasteiger partial charge on any atom is -0.341 e. The number of nitrogens with zero attached hydrogens (tertiary/aromatic N) is 1. The van der Waals surface area contributed by atoms with Gasteiger partial charge in [-0.3, -0.25) is 4.79 Å². The largest absolute Gasteiger partial charge is 0.341 e. The maximum absolute atomic E-state index is 11.9. The maximum Gasteiger partial charge on any atom is 0.222 e. The normalized spacial score (nSPS) is 22.2. The summed E-state index contributed by atoms with van der Waals surface area (Å²) >= 11 is 0. The van der Waals surface area contributed by atoms with Gasteiger partial charge in [0.2, 0.25) is 5.91 Å². The molecule has 2 atom stereocenters. The van der Waals surface area contributed by atoms with Crippen LogP contribution in [0.3, 0.4) is 0 Å². The summed E-state index contributed by atoms with van der Waals surface area (Å²) in [5.74, 6) is 0.969. The van der Waals surface area contributed by atoms with Crippen LogP contribution < -0.4 is 5.32 Å². The van der Waals surface area contributed by atoms with Crippen LogP contribution in [0.5, 0.6) is 0 Å². The minimum atomic E-state index is 0.361. The fourth-order valence-corrected chi connectivity index (χ4v) is 2.58. The van der Waals surface area contributed by atoms with Gasteiger partial charge in [-0.15, -0.1) is 0 Å². The van der Waals surface area contributed by atoms with E-state index in [-0.39, 0.29) is 0 Å². The maximum atomic E-state index is 11.9. The predicted octanol–water partition coefficient (Wildman–Crippen LogP) is 2.41. The first kappa shape index (κ1) is 14.5. The second-order valence-corrected chi connectivity index (χ2v) is 5.22. The molecule has 0 aromatic rings. The summed E-state index contributed by atoms with van der Waals surface area (Å²) in [5.41, 5.74) is 0. The number of nitrogens with one attached hydrogen (secondary N) is 1. The Bertz CT molecular complexity index is 230. The molecule has 1 heterocycles. The van der Waals surface area contributed by atoms with Crippen molar-refractivity contribution in [1.82, 2.24) is 10.2 Å². The van der Waals surface area contributed by atoms with Crippen LogP contribution in [0.15, 0.2) is 0 Å². The van der Waals surface area contributed by atoms with Gasteiger partial charge in [0.25, 0.3) is 0 Å². The molecule has 3 nitrogen and oxygen atoms in total. The number of likely N-dealkylation sites (tertiary alicyclic amines) is 1. The Morgan fingerprint density at radius 2 is 2.12 bits per heavy atom. The van der Waals surface area contributed by atoms with Crippen molar-refractivity contribution in [2.45, 2.75) is 58.9 Å². The molecule has 3 heteroatoms. The number of carbonyl (C=O) groups excluding carboxylic acids is 1. The summed E-state index contributed by atoms with van der Waals surface area (Å²) in [6, 6.07) is 0.472. The molecule has 1 aliphatic heterocycles. The lowest BCUT2D eigenvalue weighted by atomic mass is 10.0. The number of amides is 1. The molecular weight excluding hydrogens is 212 g/mol. The van der Waals surface area contributed by atoms with Crippen LogP contribution >= 0.6 is 0 Å². The van der Waals surface area contributed by atoms with E-state index in [4.69, 9.17) is 0 Å². The van der Waals surface area contributed by atoms with Crippen molar-refractivity contribution in [2.75, 3.05) is 19.6 Å². The van der Waals surface area contributed by atoms with Crippen molar-refractivity contribution >= 4 is 5.91 Å². The van der Waals surface area contributed by atoms with E-state index in [2.05, 4.69) is 31.0 Å². The average molecular weight is 240 g/mol. The molecule has 100 valence electrons. The van der Waals surface area contributed by atoms with E-state index < -0.39 is 0 Å². The number of carbonyl (C=O) groups is 1. The van der Waals surface area contributed by atoms with Gasteiger partial charge in [-0.1, -0.05) is 27.2 Å². The van der Waals surface area contributed by atoms with Crippen LogP contribution in [0.25, 0.3) is 0 Å². The minimum absolute atomic E-state index is 0.361. The highest BCUT2D eigenvalue weighted by Gasteiger charge is 2.29. The Balaban J connectivity index is 2.36. The quantitative estimate of drug-likeness (QED) is 0.706. The molecule has 1 fully saturated rings. The van der Waals surface area contributed by atoms with Gasteiger partial charge in [-0.05, 0) is 31.7 Å². The predicted molar refractivity (Wildman–Crippen MR) is 72.0 cm³/mol. The van der Waals surface area contributed by atoms with E-state index in [1.807, 2.05) is 0 Å². The zero-order chi connectivity index (χ0) is 12.7. The standard InChI is InChI=1S/C14H28N2O/c1-4-7-12-9-14(17)16(10-12)11-13(6-3)15-8-5-2/h12-13,15H,4-11H2,1-3H3. The highest BCUT2D eigenvalue weighted by molar-refractivity contribution is 5.78. The highest BCUT2D eigenvalue weighted by Crippen LogP contribution is 2.22. The molecule has 17 heavy (non-hydrogen) atoms. The Morgan fingerprint density at radius 3 is 2.71 bits per heavy atom. The summed E-state index contributed by atoms with van der Waals surface area (Å²) in [6.45, 7) is 9.51. The topological polar surface area (TPSA) is 32.3 Å². The molecule has 0 radical (unpaired) electrons. The van der Waals surface area contributed by atoms with Gasteiger partial charge in [-0.2, -0.15) is 0 Å². The van der Waals surface area contributed by atoms with Crippen molar-refractivity contribution < 1.29 is 4.79 Å². The zero-order valence-electron chi connectivity index (χ0n) is 11.7. The second-order valence-electron chi connectivity index (χ2n) is 5.22. The van der Waals surface area contributed by atoms with Gasteiger partial charge in [0.15, 0.2) is 0 Å². The molecule has 0 aromatic heterocycles. The molecule has 0 aromatic carbocycles. The fraction of sp³-hybridized carbons (Fsp3) is 0.929. The molecule has 0 spiro atoms. The van der Waals surface area contributed by atoms with Gasteiger partial charge < -0.3 is 10.2 Å². The molecule has 0 saturated carbocycles. The van der Waals surface area contributed by atoms with E-state index in [1.165, 1.54) is 12.8 Å². The van der Waals surface area contributed by atoms with Gasteiger partial charge >= 0.3 is 0 Å². The Morgan fingerprint density at radius 1 is 1.35 bits per heavy atom. The smallest absolute Gasteiger partial charge is 0.222 e. The first-order valence-electron chi connectivity index (χ1n) is 7.22. The summed E-state index contributed by atoms with van der Waals surface area (Å²) in [7, 11) is 0. The molecule has 1 amide bonds. The molecule has 1 rings (SSSR count). The number of hydrogen-bond donors (Lipinski definition) is 1. The summed E-state index contributed by atoms with van der Waals surface area (Å²) in [4.78, 5) is 13.9. The van der Waals surface area contributed by atoms with Crippen molar-refractivity contribution in [3.05, 3.63) is 0 Å². The van der Waals surface area contributed by atoms with Crippen LogP contribution in [0.4, 0.5) is 0 Å². The highest BCUT2D eigenvalue weighted by atomic mass is 16.2. The van der Waals surface area contributed by atoms with Crippen LogP contribution in [-0.4, -0.2) is 36.5 Å². The van der Waals surface area contributed by atoms with Crippen LogP contribution in [0.1, 0.15) is 52.9 Å². The van der Waals surface area contributed by atoms with Crippen LogP contribution in [0.2, 0.25) is 0 Å². The molecule has 2 unspecified atom stereocenters. The average Bonchev–Trinajstić information content (AvgIpc) is 2.65. The Hall–Kier alpha value is -0.570. The molecular formula is C14H28N2O. The zero-order valence-corrected chi connectivity index (χ0v) is 11.7. The van der Waals surface area contributed by atoms with Gasteiger partial charge in [0.1, 0.15) is 0 Å². The summed E-state index contributed by atoms with van der Waals surface area (Å²) in [6.07, 6.45) is 5.42. The molecule has 0 bridgehead atoms. The first-order valence-corrected chi connectivity index (χ1v) is 7.22. The van der Waals surface area contributed by atoms with E-state index in [9.17, 15) is 4.79 Å². The van der Waals surface area contributed by atoms with E-state index >= 15 is 0 Å². The number of hydrogen-bond acceptors (Lipinski definition) is 2. The molecule has 1 N–H and O–H groups in total. The van der Waals surface area contributed by atoms with E-state index in [0.717, 1.165) is 38.9 Å². The summed E-state index contributed by atoms with van der Waals surface area (Å²) in [5, 5.41) is 3.52. The van der Waals surface area contributed by atoms with E-state index in [0.29, 0.717) is 17.9 Å². The van der Waals surface area contributed by atoms with Crippen molar-refractivity contribution in [3.8, 4) is 0 Å². The van der Waals surface area contributed by atoms with Gasteiger partial charge in [0.05, 0.1) is 0 Å². The van der Waals surface area contributed by atoms with Crippen molar-refractivity contribution in [2.24, 2.45) is 5.92 Å². The van der Waals surface area contributed by atoms with Gasteiger partial charge in [0, 0.05) is 25.6 Å². The third-order valence-electron chi connectivity index (χ3n) is 3.61. The lowest BCUT2D eigenvalue weighted by Gasteiger charge is -2.24. The molecule has 0 aliphatic carbocycles. The van der Waals surface area contributed by atoms with Crippen molar-refractivity contribution in [1.29, 1.82) is 0 Å². The van der Waals surface area contributed by atoms with Gasteiger partial charge in [-0.25, -0.2) is 0 Å². The SMILES string of the molecule is CCCNC(CC)CN1CC(CCC)CC1=O. The lowest BCUT2D eigenvalue weighted by Crippen LogP contribution is -2.41. The molecule has 1 aliphatic rings.